The molecular weight excluding hydrogens is 308 g/mol. The molecule has 2 aromatic carbocycles. The second-order valence-corrected chi connectivity index (χ2v) is 5.47. The summed E-state index contributed by atoms with van der Waals surface area (Å²) in [6.45, 7) is 5.44. The lowest BCUT2D eigenvalue weighted by Crippen LogP contribution is -2.25. The molecule has 0 radical (unpaired) electrons. The number of carbonyl (C=O) groups is 1. The Morgan fingerprint density at radius 1 is 1.12 bits per heavy atom. The van der Waals surface area contributed by atoms with E-state index in [0.717, 1.165) is 11.1 Å². The lowest BCUT2D eigenvalue weighted by Gasteiger charge is -2.08. The predicted octanol–water partition coefficient (Wildman–Crippen LogP) is 2.63. The molecule has 126 valence electrons. The Morgan fingerprint density at radius 3 is 2.54 bits per heavy atom. The van der Waals surface area contributed by atoms with Crippen LogP contribution in [0, 0.1) is 13.8 Å². The molecule has 0 bridgehead atoms. The van der Waals surface area contributed by atoms with Crippen molar-refractivity contribution < 1.29 is 19.7 Å². The molecule has 24 heavy (non-hydrogen) atoms. The van der Waals surface area contributed by atoms with Crippen LogP contribution in [0.15, 0.2) is 41.5 Å². The number of carbonyl (C=O) groups excluding carboxylic acids is 1. The van der Waals surface area contributed by atoms with Crippen LogP contribution >= 0.6 is 0 Å². The lowest BCUT2D eigenvalue weighted by atomic mass is 10.1. The normalized spacial score (nSPS) is 11.2. The predicted molar refractivity (Wildman–Crippen MR) is 91.5 cm³/mol. The maximum absolute atomic E-state index is 11.8. The van der Waals surface area contributed by atoms with E-state index in [1.807, 2.05) is 26.0 Å². The van der Waals surface area contributed by atoms with Gasteiger partial charge in [-0.25, -0.2) is 5.43 Å². The highest BCUT2D eigenvalue weighted by Crippen LogP contribution is 2.23. The molecule has 0 spiro atoms. The standard InChI is InChI=1S/C18H20N2O4/c1-11-4-6-15(8-12(11)2)24-10-18(23)20-19-13(3)16-7-5-14(21)9-17(16)22/h4-9,21-22H,10H2,1-3H3,(H,20,23)/b19-13-. The van der Waals surface area contributed by atoms with Gasteiger partial charge in [-0.05, 0) is 56.2 Å². The number of hydrogen-bond donors (Lipinski definition) is 3. The zero-order chi connectivity index (χ0) is 17.7. The van der Waals surface area contributed by atoms with Crippen molar-refractivity contribution in [2.75, 3.05) is 6.61 Å². The summed E-state index contributed by atoms with van der Waals surface area (Å²) in [6.07, 6.45) is 0. The first-order chi connectivity index (χ1) is 11.4. The molecule has 0 heterocycles. The smallest absolute Gasteiger partial charge is 0.277 e. The Labute approximate surface area is 140 Å². The number of nitrogens with zero attached hydrogens (tertiary/aromatic N) is 1. The minimum atomic E-state index is -0.411. The Morgan fingerprint density at radius 2 is 1.88 bits per heavy atom. The number of amides is 1. The number of aryl methyl sites for hydroxylation is 2. The quantitative estimate of drug-likeness (QED) is 0.581. The number of benzene rings is 2. The topological polar surface area (TPSA) is 91.2 Å². The second kappa shape index (κ2) is 7.50. The molecule has 0 aliphatic heterocycles. The van der Waals surface area contributed by atoms with Crippen molar-refractivity contribution in [3.05, 3.63) is 53.1 Å². The summed E-state index contributed by atoms with van der Waals surface area (Å²) in [6, 6.07) is 9.75. The molecule has 0 aliphatic carbocycles. The third-order valence-corrected chi connectivity index (χ3v) is 3.57. The van der Waals surface area contributed by atoms with Gasteiger partial charge in [-0.15, -0.1) is 0 Å². The molecule has 6 heteroatoms. The Hall–Kier alpha value is -3.02. The number of phenols is 2. The Kier molecular flexibility index (Phi) is 5.42. The largest absolute Gasteiger partial charge is 0.508 e. The SMILES string of the molecule is C/C(=N/NC(=O)COc1ccc(C)c(C)c1)c1ccc(O)cc1O. The summed E-state index contributed by atoms with van der Waals surface area (Å²) in [5.74, 6) is 0.0442. The van der Waals surface area contributed by atoms with E-state index in [-0.39, 0.29) is 18.1 Å². The van der Waals surface area contributed by atoms with E-state index in [4.69, 9.17) is 4.74 Å². The average molecular weight is 328 g/mol. The average Bonchev–Trinajstić information content (AvgIpc) is 2.53. The van der Waals surface area contributed by atoms with Gasteiger partial charge < -0.3 is 14.9 Å². The van der Waals surface area contributed by atoms with Crippen molar-refractivity contribution in [3.63, 3.8) is 0 Å². The van der Waals surface area contributed by atoms with Gasteiger partial charge in [0.25, 0.3) is 5.91 Å². The molecule has 0 unspecified atom stereocenters. The van der Waals surface area contributed by atoms with E-state index in [2.05, 4.69) is 10.5 Å². The van der Waals surface area contributed by atoms with Gasteiger partial charge in [0.05, 0.1) is 5.71 Å². The number of ether oxygens (including phenoxy) is 1. The van der Waals surface area contributed by atoms with Crippen molar-refractivity contribution in [2.45, 2.75) is 20.8 Å². The maximum Gasteiger partial charge on any atom is 0.277 e. The number of nitrogens with one attached hydrogen (secondary N) is 1. The molecule has 0 atom stereocenters. The third-order valence-electron chi connectivity index (χ3n) is 3.57. The zero-order valence-electron chi connectivity index (χ0n) is 13.8. The molecular formula is C18H20N2O4. The van der Waals surface area contributed by atoms with E-state index in [1.54, 1.807) is 13.0 Å². The summed E-state index contributed by atoms with van der Waals surface area (Å²) in [5, 5.41) is 22.9. The summed E-state index contributed by atoms with van der Waals surface area (Å²) in [5.41, 5.74) is 5.44. The van der Waals surface area contributed by atoms with Crippen LogP contribution in [-0.2, 0) is 4.79 Å². The van der Waals surface area contributed by atoms with Crippen molar-refractivity contribution >= 4 is 11.6 Å². The number of phenolic OH excluding ortho intramolecular Hbond substituents is 2. The van der Waals surface area contributed by atoms with Crippen LogP contribution in [0.2, 0.25) is 0 Å². The van der Waals surface area contributed by atoms with Crippen molar-refractivity contribution in [1.82, 2.24) is 5.43 Å². The first-order valence-corrected chi connectivity index (χ1v) is 7.42. The van der Waals surface area contributed by atoms with Crippen LogP contribution in [0.4, 0.5) is 0 Å². The number of rotatable bonds is 5. The van der Waals surface area contributed by atoms with Crippen LogP contribution in [0.3, 0.4) is 0 Å². The fourth-order valence-electron chi connectivity index (χ4n) is 2.02. The number of hydrazone groups is 1. The number of hydrogen-bond acceptors (Lipinski definition) is 5. The monoisotopic (exact) mass is 328 g/mol. The third kappa shape index (κ3) is 4.49. The summed E-state index contributed by atoms with van der Waals surface area (Å²) < 4.78 is 5.42. The molecule has 0 saturated carbocycles. The highest BCUT2D eigenvalue weighted by Gasteiger charge is 2.07. The molecule has 0 fully saturated rings. The number of aromatic hydroxyl groups is 2. The van der Waals surface area contributed by atoms with Gasteiger partial charge in [0.2, 0.25) is 0 Å². The van der Waals surface area contributed by atoms with Gasteiger partial charge >= 0.3 is 0 Å². The van der Waals surface area contributed by atoms with E-state index < -0.39 is 5.91 Å². The van der Waals surface area contributed by atoms with Gasteiger partial charge in [-0.3, -0.25) is 4.79 Å². The molecule has 0 saturated heterocycles. The fraction of sp³-hybridized carbons (Fsp3) is 0.222. The molecule has 3 N–H and O–H groups in total. The fourth-order valence-corrected chi connectivity index (χ4v) is 2.02. The summed E-state index contributed by atoms with van der Waals surface area (Å²) in [7, 11) is 0. The highest BCUT2D eigenvalue weighted by atomic mass is 16.5. The summed E-state index contributed by atoms with van der Waals surface area (Å²) >= 11 is 0. The highest BCUT2D eigenvalue weighted by molar-refractivity contribution is 6.01. The minimum absolute atomic E-state index is 0.0464. The van der Waals surface area contributed by atoms with E-state index >= 15 is 0 Å². The van der Waals surface area contributed by atoms with Gasteiger partial charge in [0, 0.05) is 11.6 Å². The Balaban J connectivity index is 1.93. The van der Waals surface area contributed by atoms with Gasteiger partial charge in [-0.2, -0.15) is 5.10 Å². The van der Waals surface area contributed by atoms with Crippen molar-refractivity contribution in [2.24, 2.45) is 5.10 Å². The Bertz CT molecular complexity index is 785. The van der Waals surface area contributed by atoms with E-state index in [9.17, 15) is 15.0 Å². The van der Waals surface area contributed by atoms with Crippen LogP contribution in [0.1, 0.15) is 23.6 Å². The van der Waals surface area contributed by atoms with Crippen molar-refractivity contribution in [1.29, 1.82) is 0 Å². The second-order valence-electron chi connectivity index (χ2n) is 5.47. The molecule has 6 nitrogen and oxygen atoms in total. The van der Waals surface area contributed by atoms with Crippen LogP contribution in [0.25, 0.3) is 0 Å². The first-order valence-electron chi connectivity index (χ1n) is 7.42. The summed E-state index contributed by atoms with van der Waals surface area (Å²) in [4.78, 5) is 11.8. The molecule has 1 amide bonds. The van der Waals surface area contributed by atoms with Crippen LogP contribution in [-0.4, -0.2) is 28.4 Å². The first kappa shape index (κ1) is 17.3. The molecule has 2 aromatic rings. The maximum atomic E-state index is 11.8. The van der Waals surface area contributed by atoms with E-state index in [1.165, 1.54) is 18.2 Å². The lowest BCUT2D eigenvalue weighted by molar-refractivity contribution is -0.123. The van der Waals surface area contributed by atoms with Crippen LogP contribution in [0.5, 0.6) is 17.2 Å². The zero-order valence-corrected chi connectivity index (χ0v) is 13.8. The molecule has 0 aromatic heterocycles. The van der Waals surface area contributed by atoms with Gasteiger partial charge in [0.1, 0.15) is 17.2 Å². The van der Waals surface area contributed by atoms with Crippen LogP contribution < -0.4 is 10.2 Å². The molecule has 2 rings (SSSR count). The van der Waals surface area contributed by atoms with E-state index in [0.29, 0.717) is 17.0 Å². The van der Waals surface area contributed by atoms with Gasteiger partial charge in [0.15, 0.2) is 6.61 Å². The van der Waals surface area contributed by atoms with Crippen molar-refractivity contribution in [3.8, 4) is 17.2 Å². The van der Waals surface area contributed by atoms with Gasteiger partial charge in [-0.1, -0.05) is 6.07 Å². The molecule has 0 aliphatic rings. The minimum Gasteiger partial charge on any atom is -0.508 e.